The maximum absolute atomic E-state index is 9.00. The molecule has 0 spiro atoms. The second-order valence-corrected chi connectivity index (χ2v) is 8.30. The maximum atomic E-state index is 9.00. The van der Waals surface area contributed by atoms with E-state index in [0.717, 1.165) is 12.0 Å². The largest absolute Gasteiger partial charge is 0.353 e. The minimum atomic E-state index is -0.0353. The molecule has 2 aliphatic rings. The summed E-state index contributed by atoms with van der Waals surface area (Å²) in [5.41, 5.74) is 6.47. The summed E-state index contributed by atoms with van der Waals surface area (Å²) in [4.78, 5) is 4.27. The summed E-state index contributed by atoms with van der Waals surface area (Å²) in [6.45, 7) is 0.530. The van der Waals surface area contributed by atoms with Gasteiger partial charge in [-0.25, -0.2) is 4.98 Å². The molecule has 3 atom stereocenters. The molecule has 0 fully saturated rings. The number of nitrogens with zero attached hydrogens (tertiary/aromatic N) is 3. The first kappa shape index (κ1) is 18.1. The monoisotopic (exact) mass is 383 g/mol. The summed E-state index contributed by atoms with van der Waals surface area (Å²) in [7, 11) is 0. The van der Waals surface area contributed by atoms with E-state index in [2.05, 4.69) is 33.8 Å². The fourth-order valence-electron chi connectivity index (χ4n) is 5.20. The Bertz CT molecular complexity index is 1020. The molecule has 5 rings (SSSR count). The lowest BCUT2D eigenvalue weighted by Crippen LogP contribution is -2.30. The highest BCUT2D eigenvalue weighted by molar-refractivity contribution is 5.42. The van der Waals surface area contributed by atoms with E-state index in [1.54, 1.807) is 11.1 Å². The van der Waals surface area contributed by atoms with Gasteiger partial charge in [-0.1, -0.05) is 30.3 Å². The molecule has 0 unspecified atom stereocenters. The van der Waals surface area contributed by atoms with Crippen molar-refractivity contribution in [3.63, 3.8) is 0 Å². The van der Waals surface area contributed by atoms with Gasteiger partial charge in [0.25, 0.3) is 0 Å². The van der Waals surface area contributed by atoms with Gasteiger partial charge < -0.3 is 9.30 Å². The van der Waals surface area contributed by atoms with Gasteiger partial charge >= 0.3 is 0 Å². The molecule has 1 heterocycles. The zero-order valence-electron chi connectivity index (χ0n) is 16.5. The van der Waals surface area contributed by atoms with Crippen molar-refractivity contribution in [3.05, 3.63) is 89.0 Å². The molecule has 29 heavy (non-hydrogen) atoms. The number of ether oxygens (including phenoxy) is 1. The van der Waals surface area contributed by atoms with E-state index in [4.69, 9.17) is 10.00 Å². The van der Waals surface area contributed by atoms with Crippen molar-refractivity contribution >= 4 is 0 Å². The first-order chi connectivity index (χ1) is 14.3. The Morgan fingerprint density at radius 3 is 2.83 bits per heavy atom. The minimum absolute atomic E-state index is 0.0353. The molecule has 4 nitrogen and oxygen atoms in total. The number of rotatable bonds is 5. The molecule has 0 radical (unpaired) electrons. The first-order valence-corrected chi connectivity index (χ1v) is 10.5. The predicted molar refractivity (Wildman–Crippen MR) is 111 cm³/mol. The van der Waals surface area contributed by atoms with E-state index in [1.165, 1.54) is 31.2 Å². The number of benzene rings is 2. The quantitative estimate of drug-likeness (QED) is 0.612. The van der Waals surface area contributed by atoms with Crippen molar-refractivity contribution in [2.75, 3.05) is 0 Å². The maximum Gasteiger partial charge on any atom is 0.138 e. The fourth-order valence-corrected chi connectivity index (χ4v) is 5.20. The normalized spacial score (nSPS) is 21.2. The molecule has 1 aromatic heterocycles. The third-order valence-electron chi connectivity index (χ3n) is 6.49. The van der Waals surface area contributed by atoms with Gasteiger partial charge in [-0.3, -0.25) is 0 Å². The van der Waals surface area contributed by atoms with Crippen LogP contribution < -0.4 is 0 Å². The van der Waals surface area contributed by atoms with Crippen molar-refractivity contribution in [2.24, 2.45) is 5.92 Å². The number of aryl methyl sites for hydroxylation is 1. The van der Waals surface area contributed by atoms with Crippen LogP contribution in [0.2, 0.25) is 0 Å². The zero-order valence-corrected chi connectivity index (χ0v) is 16.5. The molecular weight excluding hydrogens is 358 g/mol. The van der Waals surface area contributed by atoms with Crippen LogP contribution in [0.15, 0.2) is 61.2 Å². The van der Waals surface area contributed by atoms with Crippen molar-refractivity contribution in [3.8, 4) is 6.07 Å². The second kappa shape index (κ2) is 7.85. The fraction of sp³-hybridized carbons (Fsp3) is 0.360. The van der Waals surface area contributed by atoms with E-state index in [1.807, 2.05) is 43.0 Å². The highest BCUT2D eigenvalue weighted by Crippen LogP contribution is 2.46. The number of hydrogen-bond acceptors (Lipinski definition) is 3. The molecule has 2 aromatic carbocycles. The summed E-state index contributed by atoms with van der Waals surface area (Å²) in [6.07, 6.45) is 11.7. The Kier molecular flexibility index (Phi) is 4.91. The lowest BCUT2D eigenvalue weighted by atomic mass is 9.69. The van der Waals surface area contributed by atoms with Gasteiger partial charge in [0.2, 0.25) is 0 Å². The number of imidazole rings is 1. The third kappa shape index (κ3) is 3.59. The van der Waals surface area contributed by atoms with Crippen LogP contribution in [0, 0.1) is 17.2 Å². The van der Waals surface area contributed by atoms with Crippen LogP contribution in [-0.2, 0) is 24.2 Å². The lowest BCUT2D eigenvalue weighted by molar-refractivity contribution is -0.0566. The summed E-state index contributed by atoms with van der Waals surface area (Å²) < 4.78 is 8.60. The average molecular weight is 383 g/mol. The van der Waals surface area contributed by atoms with Crippen LogP contribution in [0.25, 0.3) is 0 Å². The van der Waals surface area contributed by atoms with Crippen molar-refractivity contribution in [1.29, 1.82) is 5.26 Å². The van der Waals surface area contributed by atoms with E-state index >= 15 is 0 Å². The van der Waals surface area contributed by atoms with Crippen LogP contribution >= 0.6 is 0 Å². The molecule has 0 N–H and O–H groups in total. The van der Waals surface area contributed by atoms with Gasteiger partial charge in [-0.2, -0.15) is 5.26 Å². The first-order valence-electron chi connectivity index (χ1n) is 10.5. The Hall–Kier alpha value is -2.90. The van der Waals surface area contributed by atoms with Gasteiger partial charge in [0.15, 0.2) is 0 Å². The summed E-state index contributed by atoms with van der Waals surface area (Å²) in [5.74, 6) is 1.08. The highest BCUT2D eigenvalue weighted by atomic mass is 16.5. The molecule has 0 bridgehead atoms. The number of aromatic nitrogens is 2. The van der Waals surface area contributed by atoms with Crippen LogP contribution in [0.5, 0.6) is 0 Å². The van der Waals surface area contributed by atoms with Gasteiger partial charge in [-0.05, 0) is 72.4 Å². The standard InChI is InChI=1S/C25H25N3O/c26-15-18-7-9-19(10-8-18)16-29-25(28-12-11-27-17-28)23-13-21-5-1-3-20-4-2-6-22(14-23)24(20)21/h1,3,5,7-12,17,22-23,25H,2,4,6,13-14,16H2/t22-,23+,25-/m1/s1. The Labute approximate surface area is 171 Å². The third-order valence-corrected chi connectivity index (χ3v) is 6.49. The molecular formula is C25H25N3O. The van der Waals surface area contributed by atoms with Crippen LogP contribution in [0.3, 0.4) is 0 Å². The van der Waals surface area contributed by atoms with Crippen LogP contribution in [0.1, 0.15) is 59.2 Å². The van der Waals surface area contributed by atoms with Crippen LogP contribution in [0.4, 0.5) is 0 Å². The molecule has 0 saturated carbocycles. The van der Waals surface area contributed by atoms with E-state index in [9.17, 15) is 0 Å². The summed E-state index contributed by atoms with van der Waals surface area (Å²) in [6, 6.07) is 16.7. The molecule has 146 valence electrons. The van der Waals surface area contributed by atoms with Crippen molar-refractivity contribution in [2.45, 2.75) is 50.9 Å². The predicted octanol–water partition coefficient (Wildman–Crippen LogP) is 5.15. The molecule has 0 amide bonds. The summed E-state index contributed by atoms with van der Waals surface area (Å²) >= 11 is 0. The van der Waals surface area contributed by atoms with E-state index < -0.39 is 0 Å². The number of hydrogen-bond donors (Lipinski definition) is 0. The zero-order chi connectivity index (χ0) is 19.6. The molecule has 0 saturated heterocycles. The molecule has 0 aliphatic heterocycles. The van der Waals surface area contributed by atoms with Gasteiger partial charge in [0, 0.05) is 18.3 Å². The second-order valence-electron chi connectivity index (χ2n) is 8.30. The SMILES string of the molecule is N#Cc1ccc(CO[C@H]([C@H]2Cc3cccc4c3[C@H](CCC4)C2)n2ccnc2)cc1. The average Bonchev–Trinajstić information content (AvgIpc) is 3.29. The Balaban J connectivity index is 1.39. The van der Waals surface area contributed by atoms with Crippen LogP contribution in [-0.4, -0.2) is 9.55 Å². The van der Waals surface area contributed by atoms with Gasteiger partial charge in [-0.15, -0.1) is 0 Å². The highest BCUT2D eigenvalue weighted by Gasteiger charge is 2.35. The molecule has 3 aromatic rings. The topological polar surface area (TPSA) is 50.8 Å². The smallest absolute Gasteiger partial charge is 0.138 e. The van der Waals surface area contributed by atoms with Crippen molar-refractivity contribution in [1.82, 2.24) is 9.55 Å². The minimum Gasteiger partial charge on any atom is -0.353 e. The lowest BCUT2D eigenvalue weighted by Gasteiger charge is -2.39. The molecule has 4 heteroatoms. The summed E-state index contributed by atoms with van der Waals surface area (Å²) in [5, 5.41) is 9.00. The van der Waals surface area contributed by atoms with Crippen molar-refractivity contribution < 1.29 is 4.74 Å². The Morgan fingerprint density at radius 1 is 1.17 bits per heavy atom. The number of nitriles is 1. The van der Waals surface area contributed by atoms with E-state index in [-0.39, 0.29) is 6.23 Å². The van der Waals surface area contributed by atoms with Gasteiger partial charge in [0.1, 0.15) is 6.23 Å². The molecule has 2 aliphatic carbocycles. The van der Waals surface area contributed by atoms with E-state index in [0.29, 0.717) is 24.0 Å². The van der Waals surface area contributed by atoms with Gasteiger partial charge in [0.05, 0.1) is 24.6 Å². The Morgan fingerprint density at radius 2 is 2.03 bits per heavy atom.